The van der Waals surface area contributed by atoms with Crippen molar-refractivity contribution in [3.8, 4) is 0 Å². The molecule has 0 saturated carbocycles. The highest BCUT2D eigenvalue weighted by Gasteiger charge is 2.16. The normalized spacial score (nSPS) is 10.3. The van der Waals surface area contributed by atoms with Gasteiger partial charge in [-0.25, -0.2) is 4.98 Å². The number of amides is 1. The molecular weight excluding hydrogens is 314 g/mol. The Hall–Kier alpha value is -1.40. The molecule has 0 atom stereocenters. The number of carbonyl (C=O) groups excluding carboxylic acids is 1. The van der Waals surface area contributed by atoms with Gasteiger partial charge in [0.1, 0.15) is 0 Å². The summed E-state index contributed by atoms with van der Waals surface area (Å²) >= 11 is 4.88. The number of anilines is 1. The fourth-order valence-electron chi connectivity index (χ4n) is 1.54. The van der Waals surface area contributed by atoms with Crippen LogP contribution in [0.25, 0.3) is 0 Å². The van der Waals surface area contributed by atoms with Crippen LogP contribution in [-0.2, 0) is 6.54 Å². The summed E-state index contributed by atoms with van der Waals surface area (Å²) in [5.74, 6) is -0.0813. The first-order chi connectivity index (χ1) is 8.58. The Balaban J connectivity index is 2.17. The maximum absolute atomic E-state index is 12.3. The number of aromatic nitrogens is 1. The zero-order valence-corrected chi connectivity index (χ0v) is 12.2. The number of nitrogens with zero attached hydrogens (tertiary/aromatic N) is 2. The van der Waals surface area contributed by atoms with Crippen molar-refractivity contribution in [2.24, 2.45) is 0 Å². The molecule has 0 saturated heterocycles. The van der Waals surface area contributed by atoms with Crippen LogP contribution in [-0.4, -0.2) is 22.8 Å². The largest absolute Gasteiger partial charge is 0.399 e. The lowest BCUT2D eigenvalue weighted by atomic mass is 10.2. The molecule has 1 heterocycles. The van der Waals surface area contributed by atoms with E-state index in [1.807, 2.05) is 5.38 Å². The fraction of sp³-hybridized carbons (Fsp3) is 0.167. The molecule has 0 bridgehead atoms. The molecule has 1 aromatic heterocycles. The number of carbonyl (C=O) groups is 1. The summed E-state index contributed by atoms with van der Waals surface area (Å²) in [6.07, 6.45) is 0. The predicted octanol–water partition coefficient (Wildman–Crippen LogP) is 2.76. The number of rotatable bonds is 3. The highest BCUT2D eigenvalue weighted by molar-refractivity contribution is 9.10. The van der Waals surface area contributed by atoms with Crippen LogP contribution in [0.15, 0.2) is 33.6 Å². The van der Waals surface area contributed by atoms with E-state index in [2.05, 4.69) is 20.9 Å². The molecule has 0 radical (unpaired) electrons. The van der Waals surface area contributed by atoms with Crippen molar-refractivity contribution in [3.63, 3.8) is 0 Å². The summed E-state index contributed by atoms with van der Waals surface area (Å²) in [6, 6.07) is 5.20. The number of benzene rings is 1. The monoisotopic (exact) mass is 325 g/mol. The molecule has 0 aliphatic carbocycles. The number of nitrogens with two attached hydrogens (primary N) is 1. The van der Waals surface area contributed by atoms with E-state index in [0.29, 0.717) is 17.8 Å². The Labute approximate surface area is 118 Å². The molecule has 0 fully saturated rings. The number of hydrogen-bond acceptors (Lipinski definition) is 4. The van der Waals surface area contributed by atoms with Crippen LogP contribution < -0.4 is 5.73 Å². The van der Waals surface area contributed by atoms with Gasteiger partial charge in [0.15, 0.2) is 0 Å². The molecule has 4 nitrogen and oxygen atoms in total. The van der Waals surface area contributed by atoms with Crippen LogP contribution in [0, 0.1) is 0 Å². The van der Waals surface area contributed by atoms with Crippen molar-refractivity contribution in [1.29, 1.82) is 0 Å². The third-order valence-corrected chi connectivity index (χ3v) is 3.78. The second-order valence-corrected chi connectivity index (χ2v) is 5.45. The van der Waals surface area contributed by atoms with Gasteiger partial charge in [-0.3, -0.25) is 4.79 Å². The van der Waals surface area contributed by atoms with Crippen LogP contribution in [0.1, 0.15) is 16.1 Å². The molecule has 1 amide bonds. The number of hydrogen-bond donors (Lipinski definition) is 1. The lowest BCUT2D eigenvalue weighted by molar-refractivity contribution is 0.0783. The van der Waals surface area contributed by atoms with Crippen molar-refractivity contribution in [2.45, 2.75) is 6.54 Å². The van der Waals surface area contributed by atoms with E-state index in [0.717, 1.165) is 10.2 Å². The van der Waals surface area contributed by atoms with E-state index >= 15 is 0 Å². The first-order valence-corrected chi connectivity index (χ1v) is 6.99. The summed E-state index contributed by atoms with van der Waals surface area (Å²) in [6.45, 7) is 0.490. The topological polar surface area (TPSA) is 59.2 Å². The molecule has 0 aliphatic rings. The molecule has 1 aromatic carbocycles. The molecule has 6 heteroatoms. The molecule has 2 aromatic rings. The summed E-state index contributed by atoms with van der Waals surface area (Å²) in [4.78, 5) is 18.0. The van der Waals surface area contributed by atoms with Crippen LogP contribution >= 0.6 is 27.3 Å². The maximum atomic E-state index is 12.3. The number of halogens is 1. The van der Waals surface area contributed by atoms with Gasteiger partial charge in [0.05, 0.1) is 23.3 Å². The second kappa shape index (κ2) is 5.49. The van der Waals surface area contributed by atoms with Gasteiger partial charge in [0.25, 0.3) is 5.91 Å². The minimum Gasteiger partial charge on any atom is -0.399 e. The Morgan fingerprint density at radius 3 is 3.00 bits per heavy atom. The van der Waals surface area contributed by atoms with Crippen LogP contribution in [0.5, 0.6) is 0 Å². The Kier molecular flexibility index (Phi) is 3.98. The van der Waals surface area contributed by atoms with Crippen LogP contribution in [0.2, 0.25) is 0 Å². The zero-order chi connectivity index (χ0) is 13.1. The van der Waals surface area contributed by atoms with E-state index in [1.54, 1.807) is 35.7 Å². The molecule has 0 unspecified atom stereocenters. The van der Waals surface area contributed by atoms with E-state index in [4.69, 9.17) is 5.73 Å². The molecule has 0 spiro atoms. The third kappa shape index (κ3) is 2.88. The quantitative estimate of drug-likeness (QED) is 0.883. The molecule has 2 N–H and O–H groups in total. The van der Waals surface area contributed by atoms with Gasteiger partial charge in [-0.1, -0.05) is 0 Å². The first kappa shape index (κ1) is 13.0. The highest BCUT2D eigenvalue weighted by Crippen LogP contribution is 2.21. The maximum Gasteiger partial charge on any atom is 0.255 e. The lowest BCUT2D eigenvalue weighted by Crippen LogP contribution is -2.26. The minimum atomic E-state index is -0.0813. The van der Waals surface area contributed by atoms with Crippen molar-refractivity contribution in [2.75, 3.05) is 12.8 Å². The Bertz CT molecular complexity index is 556. The summed E-state index contributed by atoms with van der Waals surface area (Å²) < 4.78 is 0.742. The van der Waals surface area contributed by atoms with Crippen molar-refractivity contribution < 1.29 is 4.79 Å². The van der Waals surface area contributed by atoms with Gasteiger partial charge in [-0.2, -0.15) is 0 Å². The average Bonchev–Trinajstić information content (AvgIpc) is 2.84. The molecule has 18 heavy (non-hydrogen) atoms. The van der Waals surface area contributed by atoms with Gasteiger partial charge >= 0.3 is 0 Å². The van der Waals surface area contributed by atoms with Gasteiger partial charge in [-0.15, -0.1) is 11.3 Å². The number of nitrogen functional groups attached to an aromatic ring is 1. The van der Waals surface area contributed by atoms with Gasteiger partial charge in [-0.05, 0) is 34.1 Å². The zero-order valence-electron chi connectivity index (χ0n) is 9.76. The summed E-state index contributed by atoms with van der Waals surface area (Å²) in [5, 5.41) is 1.93. The summed E-state index contributed by atoms with van der Waals surface area (Å²) in [5.41, 5.74) is 9.47. The second-order valence-electron chi connectivity index (χ2n) is 3.88. The van der Waals surface area contributed by atoms with Gasteiger partial charge in [0, 0.05) is 22.6 Å². The van der Waals surface area contributed by atoms with Crippen molar-refractivity contribution in [1.82, 2.24) is 9.88 Å². The van der Waals surface area contributed by atoms with Crippen LogP contribution in [0.3, 0.4) is 0 Å². The summed E-state index contributed by atoms with van der Waals surface area (Å²) in [7, 11) is 1.75. The Morgan fingerprint density at radius 1 is 1.56 bits per heavy atom. The molecule has 2 rings (SSSR count). The standard InChI is InChI=1S/C12H12BrN3OS/c1-16(5-9-6-18-7-15-9)12(17)10-4-8(14)2-3-11(10)13/h2-4,6-7H,5,14H2,1H3. The number of thiazole rings is 1. The predicted molar refractivity (Wildman–Crippen MR) is 76.5 cm³/mol. The van der Waals surface area contributed by atoms with E-state index in [-0.39, 0.29) is 5.91 Å². The van der Waals surface area contributed by atoms with E-state index in [1.165, 1.54) is 11.3 Å². The lowest BCUT2D eigenvalue weighted by Gasteiger charge is -2.17. The average molecular weight is 326 g/mol. The molecule has 94 valence electrons. The SMILES string of the molecule is CN(Cc1cscn1)C(=O)c1cc(N)ccc1Br. The third-order valence-electron chi connectivity index (χ3n) is 2.45. The molecular formula is C12H12BrN3OS. The van der Waals surface area contributed by atoms with Crippen LogP contribution in [0.4, 0.5) is 5.69 Å². The van der Waals surface area contributed by atoms with Crippen molar-refractivity contribution in [3.05, 3.63) is 44.8 Å². The minimum absolute atomic E-state index is 0.0813. The van der Waals surface area contributed by atoms with Gasteiger partial charge in [0.2, 0.25) is 0 Å². The van der Waals surface area contributed by atoms with E-state index < -0.39 is 0 Å². The van der Waals surface area contributed by atoms with Crippen molar-refractivity contribution >= 4 is 38.9 Å². The highest BCUT2D eigenvalue weighted by atomic mass is 79.9. The molecule has 0 aliphatic heterocycles. The Morgan fingerprint density at radius 2 is 2.33 bits per heavy atom. The van der Waals surface area contributed by atoms with Gasteiger partial charge < -0.3 is 10.6 Å². The fourth-order valence-corrected chi connectivity index (χ4v) is 2.51. The first-order valence-electron chi connectivity index (χ1n) is 5.25. The van der Waals surface area contributed by atoms with E-state index in [9.17, 15) is 4.79 Å². The smallest absolute Gasteiger partial charge is 0.255 e.